The first kappa shape index (κ1) is 12.6. The molecule has 2 aromatic heterocycles. The maximum atomic E-state index is 10.7. The SMILES string of the molecule is CC(C)(CNc1ncc(C(=O)O)s1)c1cc[nH]c1. The van der Waals surface area contributed by atoms with Crippen molar-refractivity contribution in [3.05, 3.63) is 35.1 Å². The molecule has 0 fully saturated rings. The number of carboxylic acid groups (broad SMARTS) is 1. The molecular formula is C12H15N3O2S. The average Bonchev–Trinajstić information content (AvgIpc) is 2.98. The molecule has 6 heteroatoms. The summed E-state index contributed by atoms with van der Waals surface area (Å²) in [4.78, 5) is 18.1. The molecule has 0 aromatic carbocycles. The van der Waals surface area contributed by atoms with Crippen LogP contribution in [0, 0.1) is 0 Å². The van der Waals surface area contributed by atoms with Gasteiger partial charge in [-0.1, -0.05) is 25.2 Å². The summed E-state index contributed by atoms with van der Waals surface area (Å²) >= 11 is 1.15. The fourth-order valence-corrected chi connectivity index (χ4v) is 2.25. The lowest BCUT2D eigenvalue weighted by Crippen LogP contribution is -2.27. The highest BCUT2D eigenvalue weighted by Gasteiger charge is 2.21. The second kappa shape index (κ2) is 4.81. The van der Waals surface area contributed by atoms with Gasteiger partial charge in [0.15, 0.2) is 5.13 Å². The van der Waals surface area contributed by atoms with Gasteiger partial charge >= 0.3 is 5.97 Å². The van der Waals surface area contributed by atoms with E-state index in [9.17, 15) is 4.79 Å². The predicted octanol–water partition coefficient (Wildman–Crippen LogP) is 2.56. The van der Waals surface area contributed by atoms with Crippen molar-refractivity contribution >= 4 is 22.4 Å². The standard InChI is InChI=1S/C12H15N3O2S/c1-12(2,8-3-4-13-5-8)7-15-11-14-6-9(18-11)10(16)17/h3-6,13H,7H2,1-2H3,(H,14,15)(H,16,17). The molecule has 18 heavy (non-hydrogen) atoms. The van der Waals surface area contributed by atoms with Crippen LogP contribution in [0.3, 0.4) is 0 Å². The molecule has 0 bridgehead atoms. The summed E-state index contributed by atoms with van der Waals surface area (Å²) in [5.41, 5.74) is 1.15. The summed E-state index contributed by atoms with van der Waals surface area (Å²) in [5.74, 6) is -0.939. The zero-order valence-electron chi connectivity index (χ0n) is 10.2. The second-order valence-corrected chi connectivity index (χ2v) is 5.70. The van der Waals surface area contributed by atoms with Crippen molar-refractivity contribution in [2.75, 3.05) is 11.9 Å². The van der Waals surface area contributed by atoms with E-state index in [4.69, 9.17) is 5.11 Å². The first-order valence-corrected chi connectivity index (χ1v) is 6.37. The molecule has 0 unspecified atom stereocenters. The van der Waals surface area contributed by atoms with Gasteiger partial charge in [-0.2, -0.15) is 0 Å². The Labute approximate surface area is 109 Å². The number of H-pyrrole nitrogens is 1. The number of rotatable bonds is 5. The second-order valence-electron chi connectivity index (χ2n) is 4.67. The number of carbonyl (C=O) groups is 1. The molecular weight excluding hydrogens is 250 g/mol. The molecule has 5 nitrogen and oxygen atoms in total. The smallest absolute Gasteiger partial charge is 0.347 e. The van der Waals surface area contributed by atoms with Crippen molar-refractivity contribution in [1.29, 1.82) is 0 Å². The van der Waals surface area contributed by atoms with Crippen molar-refractivity contribution in [2.24, 2.45) is 0 Å². The van der Waals surface area contributed by atoms with Crippen LogP contribution in [-0.4, -0.2) is 27.6 Å². The lowest BCUT2D eigenvalue weighted by atomic mass is 9.86. The normalized spacial score (nSPS) is 11.4. The van der Waals surface area contributed by atoms with Crippen LogP contribution in [0.25, 0.3) is 0 Å². The van der Waals surface area contributed by atoms with Gasteiger partial charge in [-0.05, 0) is 11.6 Å². The molecule has 0 saturated heterocycles. The number of nitrogens with one attached hydrogen (secondary N) is 2. The van der Waals surface area contributed by atoms with Gasteiger partial charge in [0.05, 0.1) is 6.20 Å². The topological polar surface area (TPSA) is 78.0 Å². The summed E-state index contributed by atoms with van der Waals surface area (Å²) in [6.45, 7) is 4.93. The molecule has 0 aliphatic heterocycles. The van der Waals surface area contributed by atoms with E-state index >= 15 is 0 Å². The Morgan fingerprint density at radius 3 is 2.94 bits per heavy atom. The van der Waals surface area contributed by atoms with Gasteiger partial charge in [0.25, 0.3) is 0 Å². The number of nitrogens with zero attached hydrogens (tertiary/aromatic N) is 1. The van der Waals surface area contributed by atoms with E-state index in [1.54, 1.807) is 0 Å². The summed E-state index contributed by atoms with van der Waals surface area (Å²) < 4.78 is 0. The van der Waals surface area contributed by atoms with E-state index in [1.807, 2.05) is 18.5 Å². The van der Waals surface area contributed by atoms with Gasteiger partial charge in [0.1, 0.15) is 4.88 Å². The summed E-state index contributed by atoms with van der Waals surface area (Å²) in [5, 5.41) is 12.6. The monoisotopic (exact) mass is 265 g/mol. The van der Waals surface area contributed by atoms with E-state index in [-0.39, 0.29) is 10.3 Å². The Balaban J connectivity index is 2.00. The van der Waals surface area contributed by atoms with Gasteiger partial charge in [0, 0.05) is 24.4 Å². The molecule has 2 heterocycles. The van der Waals surface area contributed by atoms with Crippen LogP contribution >= 0.6 is 11.3 Å². The van der Waals surface area contributed by atoms with Gasteiger partial charge in [-0.25, -0.2) is 9.78 Å². The van der Waals surface area contributed by atoms with E-state index in [1.165, 1.54) is 11.8 Å². The van der Waals surface area contributed by atoms with E-state index in [2.05, 4.69) is 29.1 Å². The van der Waals surface area contributed by atoms with Crippen molar-refractivity contribution in [3.8, 4) is 0 Å². The average molecular weight is 265 g/mol. The Hall–Kier alpha value is -1.82. The zero-order chi connectivity index (χ0) is 13.2. The minimum absolute atomic E-state index is 0.0466. The van der Waals surface area contributed by atoms with Crippen LogP contribution in [0.2, 0.25) is 0 Å². The highest BCUT2D eigenvalue weighted by Crippen LogP contribution is 2.25. The van der Waals surface area contributed by atoms with E-state index in [0.29, 0.717) is 11.7 Å². The highest BCUT2D eigenvalue weighted by molar-refractivity contribution is 7.17. The highest BCUT2D eigenvalue weighted by atomic mass is 32.1. The Morgan fingerprint density at radius 1 is 1.61 bits per heavy atom. The first-order valence-electron chi connectivity index (χ1n) is 5.55. The number of carboxylic acids is 1. The van der Waals surface area contributed by atoms with Crippen LogP contribution in [0.5, 0.6) is 0 Å². The van der Waals surface area contributed by atoms with E-state index in [0.717, 1.165) is 11.3 Å². The molecule has 0 spiro atoms. The van der Waals surface area contributed by atoms with Crippen molar-refractivity contribution in [3.63, 3.8) is 0 Å². The Morgan fingerprint density at radius 2 is 2.39 bits per heavy atom. The van der Waals surface area contributed by atoms with E-state index < -0.39 is 5.97 Å². The first-order chi connectivity index (χ1) is 8.49. The lowest BCUT2D eigenvalue weighted by molar-refractivity contribution is 0.0702. The molecule has 0 radical (unpaired) electrons. The third kappa shape index (κ3) is 2.70. The van der Waals surface area contributed by atoms with Gasteiger partial charge < -0.3 is 15.4 Å². The molecule has 3 N–H and O–H groups in total. The fourth-order valence-electron chi connectivity index (χ4n) is 1.60. The largest absolute Gasteiger partial charge is 0.477 e. The number of aromatic amines is 1. The molecule has 0 aliphatic rings. The van der Waals surface area contributed by atoms with Crippen molar-refractivity contribution < 1.29 is 9.90 Å². The molecule has 2 aromatic rings. The zero-order valence-corrected chi connectivity index (χ0v) is 11.0. The molecule has 2 rings (SSSR count). The third-order valence-corrected chi connectivity index (χ3v) is 3.72. The number of aromatic carboxylic acids is 1. The quantitative estimate of drug-likeness (QED) is 0.776. The lowest BCUT2D eigenvalue weighted by Gasteiger charge is -2.23. The minimum atomic E-state index is -0.939. The van der Waals surface area contributed by atoms with Gasteiger partial charge in [-0.15, -0.1) is 0 Å². The van der Waals surface area contributed by atoms with Crippen molar-refractivity contribution in [2.45, 2.75) is 19.3 Å². The van der Waals surface area contributed by atoms with Gasteiger partial charge in [-0.3, -0.25) is 0 Å². The summed E-state index contributed by atoms with van der Waals surface area (Å²) in [6.07, 6.45) is 5.23. The van der Waals surface area contributed by atoms with Crippen LogP contribution in [0.4, 0.5) is 5.13 Å². The number of aromatic nitrogens is 2. The summed E-state index contributed by atoms with van der Waals surface area (Å²) in [6, 6.07) is 2.03. The fraction of sp³-hybridized carbons (Fsp3) is 0.333. The van der Waals surface area contributed by atoms with Crippen LogP contribution in [0.1, 0.15) is 29.1 Å². The minimum Gasteiger partial charge on any atom is -0.477 e. The summed E-state index contributed by atoms with van der Waals surface area (Å²) in [7, 11) is 0. The maximum absolute atomic E-state index is 10.7. The molecule has 0 aliphatic carbocycles. The van der Waals surface area contributed by atoms with Crippen LogP contribution < -0.4 is 5.32 Å². The Kier molecular flexibility index (Phi) is 3.38. The molecule has 0 atom stereocenters. The van der Waals surface area contributed by atoms with Crippen molar-refractivity contribution in [1.82, 2.24) is 9.97 Å². The number of hydrogen-bond donors (Lipinski definition) is 3. The Bertz CT molecular complexity index is 531. The number of anilines is 1. The van der Waals surface area contributed by atoms with Gasteiger partial charge in [0.2, 0.25) is 0 Å². The third-order valence-electron chi connectivity index (χ3n) is 2.78. The number of thiazole rings is 1. The molecule has 0 amide bonds. The number of hydrogen-bond acceptors (Lipinski definition) is 4. The predicted molar refractivity (Wildman–Crippen MR) is 71.4 cm³/mol. The van der Waals surface area contributed by atoms with Crippen LogP contribution in [0.15, 0.2) is 24.7 Å². The molecule has 96 valence electrons. The maximum Gasteiger partial charge on any atom is 0.347 e. The molecule has 0 saturated carbocycles. The van der Waals surface area contributed by atoms with Crippen LogP contribution in [-0.2, 0) is 5.41 Å².